The molecule has 2 N–H and O–H groups in total. The molecule has 0 fully saturated rings. The van der Waals surface area contributed by atoms with Gasteiger partial charge in [0.25, 0.3) is 0 Å². The maximum atomic E-state index is 7.74. The van der Waals surface area contributed by atoms with E-state index in [0.29, 0.717) is 0 Å². The molecule has 4 heterocycles. The second-order valence-corrected chi connectivity index (χ2v) is 21.6. The molecular formula is C52H49IN4O2P+. The van der Waals surface area contributed by atoms with Crippen LogP contribution in [0.1, 0.15) is 51.4 Å². The monoisotopic (exact) mass is 919 g/mol. The minimum absolute atomic E-state index is 0.839. The first-order valence-corrected chi connectivity index (χ1v) is 24.6. The summed E-state index contributed by atoms with van der Waals surface area (Å²) >= 11 is -2.72. The van der Waals surface area contributed by atoms with E-state index in [1.807, 2.05) is 0 Å². The molecule has 9 aromatic rings. The SMILES string of the molecule is CC1=C(I(Oc2ccc(C)c(C)c2-c2c(OP(n3cc(C)c4ccccc43)n3cc(C)c4ccccc43)ccc(C)c2C)n2cc(C)c3ccccc32)[NH2+]c2ccccc21. The molecule has 60 heavy (non-hydrogen) atoms. The molecule has 300 valence electrons. The Labute approximate surface area is 361 Å². The third kappa shape index (κ3) is 6.29. The molecule has 0 spiro atoms. The summed E-state index contributed by atoms with van der Waals surface area (Å²) in [4.78, 5) is 0. The van der Waals surface area contributed by atoms with Gasteiger partial charge < -0.3 is 0 Å². The van der Waals surface area contributed by atoms with Crippen molar-refractivity contribution in [3.8, 4) is 22.6 Å². The molecule has 0 bridgehead atoms. The van der Waals surface area contributed by atoms with Crippen molar-refractivity contribution in [2.45, 2.75) is 55.4 Å². The second-order valence-electron chi connectivity index (χ2n) is 16.1. The van der Waals surface area contributed by atoms with Gasteiger partial charge in [0, 0.05) is 0 Å². The van der Waals surface area contributed by atoms with Crippen LogP contribution in [0.5, 0.6) is 11.5 Å². The van der Waals surface area contributed by atoms with Crippen LogP contribution in [0.4, 0.5) is 5.69 Å². The molecule has 1 aliphatic heterocycles. The molecule has 0 amide bonds. The molecule has 0 saturated carbocycles. The molecule has 0 saturated heterocycles. The number of halogens is 1. The standard InChI is InChI=1S/C52H48IN4O2P/c1-32-25-27-48(58-53(52-39(8)43-20-9-13-21-44(43)54-52)55-29-34(3)40-17-10-14-22-45(40)55)50(37(32)6)51-38(7)33(2)26-28-49(51)59-60(56-30-35(4)41-18-11-15-23-46(41)56)57-31-36(5)42-19-12-16-24-47(42)57/h9-31,54H,1-8H3/p+1. The number of benzene rings is 6. The summed E-state index contributed by atoms with van der Waals surface area (Å²) in [5.41, 5.74) is 18.0. The number of aromatic nitrogens is 3. The van der Waals surface area contributed by atoms with Gasteiger partial charge in [-0.1, -0.05) is 0 Å². The summed E-state index contributed by atoms with van der Waals surface area (Å²) < 4.78 is 23.9. The third-order valence-electron chi connectivity index (χ3n) is 12.3. The normalized spacial score (nSPS) is 13.0. The summed E-state index contributed by atoms with van der Waals surface area (Å²) in [5, 5.41) is 6.10. The van der Waals surface area contributed by atoms with Crippen molar-refractivity contribution in [3.05, 3.63) is 188 Å². The third-order valence-corrected chi connectivity index (χ3v) is 18.9. The van der Waals surface area contributed by atoms with Crippen LogP contribution in [0.25, 0.3) is 49.4 Å². The van der Waals surface area contributed by atoms with Crippen LogP contribution in [0, 0.1) is 48.5 Å². The number of nitrogens with two attached hydrogens (primary N) is 1. The number of nitrogens with zero attached hydrogens (tertiary/aromatic N) is 3. The first kappa shape index (κ1) is 38.6. The fraction of sp³-hybridized carbons (Fsp3) is 0.154. The van der Waals surface area contributed by atoms with Gasteiger partial charge >= 0.3 is 363 Å². The maximum absolute atomic E-state index is 7.74. The number of quaternary nitrogens is 1. The van der Waals surface area contributed by atoms with Gasteiger partial charge in [-0.3, -0.25) is 0 Å². The Morgan fingerprint density at radius 3 is 1.57 bits per heavy atom. The van der Waals surface area contributed by atoms with Crippen molar-refractivity contribution in [1.82, 2.24) is 11.5 Å². The summed E-state index contributed by atoms with van der Waals surface area (Å²) in [6.07, 6.45) is 6.85. The molecule has 0 atom stereocenters. The van der Waals surface area contributed by atoms with Crippen LogP contribution in [0.15, 0.2) is 144 Å². The van der Waals surface area contributed by atoms with Crippen LogP contribution < -0.4 is 12.9 Å². The molecule has 0 unspecified atom stereocenters. The number of rotatable bonds is 9. The number of hydrogen-bond acceptors (Lipinski definition) is 2. The minimum atomic E-state index is -2.72. The van der Waals surface area contributed by atoms with Gasteiger partial charge in [-0.05, 0) is 0 Å². The summed E-state index contributed by atoms with van der Waals surface area (Å²) in [5.74, 6) is 1.72. The zero-order chi connectivity index (χ0) is 41.4. The van der Waals surface area contributed by atoms with Gasteiger partial charge in [-0.15, -0.1) is 0 Å². The number of para-hydroxylation sites is 4. The molecule has 0 aliphatic carbocycles. The van der Waals surface area contributed by atoms with Crippen molar-refractivity contribution in [2.75, 3.05) is 0 Å². The zero-order valence-electron chi connectivity index (χ0n) is 35.3. The molecule has 10 rings (SSSR count). The predicted molar refractivity (Wildman–Crippen MR) is 260 cm³/mol. The average molecular weight is 920 g/mol. The van der Waals surface area contributed by atoms with E-state index in [4.69, 9.17) is 7.59 Å². The van der Waals surface area contributed by atoms with Gasteiger partial charge in [0.15, 0.2) is 0 Å². The molecule has 8 heteroatoms. The molecular weight excluding hydrogens is 870 g/mol. The quantitative estimate of drug-likeness (QED) is 0.0679. The van der Waals surface area contributed by atoms with Crippen LogP contribution >= 0.6 is 29.0 Å². The molecule has 0 radical (unpaired) electrons. The predicted octanol–water partition coefficient (Wildman–Crippen LogP) is 13.9. The number of allylic oxidation sites excluding steroid dienone is 1. The summed E-state index contributed by atoms with van der Waals surface area (Å²) in [6, 6.07) is 43.6. The van der Waals surface area contributed by atoms with Crippen LogP contribution in [0.3, 0.4) is 0 Å². The second kappa shape index (κ2) is 15.1. The van der Waals surface area contributed by atoms with Crippen molar-refractivity contribution in [1.29, 1.82) is 0 Å². The average Bonchev–Trinajstić information content (AvgIpc) is 3.99. The van der Waals surface area contributed by atoms with Gasteiger partial charge in [0.05, 0.1) is 0 Å². The first-order chi connectivity index (χ1) is 29.1. The number of hydrogen-bond donors (Lipinski definition) is 1. The van der Waals surface area contributed by atoms with E-state index >= 15 is 0 Å². The van der Waals surface area contributed by atoms with Crippen molar-refractivity contribution in [2.24, 2.45) is 0 Å². The van der Waals surface area contributed by atoms with E-state index in [9.17, 15) is 0 Å². The van der Waals surface area contributed by atoms with Crippen molar-refractivity contribution in [3.63, 3.8) is 0 Å². The van der Waals surface area contributed by atoms with Crippen LogP contribution in [0.2, 0.25) is 0 Å². The van der Waals surface area contributed by atoms with Gasteiger partial charge in [0.1, 0.15) is 0 Å². The Morgan fingerprint density at radius 1 is 0.483 bits per heavy atom. The topological polar surface area (TPSA) is 49.9 Å². The van der Waals surface area contributed by atoms with E-state index in [2.05, 4.69) is 212 Å². The Hall–Kier alpha value is -5.60. The van der Waals surface area contributed by atoms with Crippen molar-refractivity contribution >= 4 is 72.9 Å². The van der Waals surface area contributed by atoms with E-state index in [0.717, 1.165) is 33.7 Å². The van der Waals surface area contributed by atoms with Gasteiger partial charge in [0.2, 0.25) is 0 Å². The molecule has 1 aliphatic rings. The van der Waals surface area contributed by atoms with E-state index in [1.165, 1.54) is 81.1 Å². The Balaban J connectivity index is 1.18. The first-order valence-electron chi connectivity index (χ1n) is 20.5. The van der Waals surface area contributed by atoms with E-state index in [-0.39, 0.29) is 0 Å². The van der Waals surface area contributed by atoms with Crippen molar-refractivity contribution < 1.29 is 12.9 Å². The Morgan fingerprint density at radius 2 is 0.967 bits per heavy atom. The zero-order valence-corrected chi connectivity index (χ0v) is 38.4. The fourth-order valence-electron chi connectivity index (χ4n) is 8.76. The van der Waals surface area contributed by atoms with E-state index in [1.54, 1.807) is 0 Å². The fourth-order valence-corrected chi connectivity index (χ4v) is 15.7. The summed E-state index contributed by atoms with van der Waals surface area (Å²) in [6.45, 7) is 17.8. The number of aryl methyl sites for hydroxylation is 5. The van der Waals surface area contributed by atoms with Crippen LogP contribution in [-0.4, -0.2) is 11.5 Å². The molecule has 3 aromatic heterocycles. The van der Waals surface area contributed by atoms with Gasteiger partial charge in [-0.2, -0.15) is 0 Å². The molecule has 6 aromatic carbocycles. The number of fused-ring (bicyclic) bond motifs is 4. The molecule has 6 nitrogen and oxygen atoms in total. The summed E-state index contributed by atoms with van der Waals surface area (Å²) in [7, 11) is -1.46. The van der Waals surface area contributed by atoms with Gasteiger partial charge in [-0.25, -0.2) is 0 Å². The Bertz CT molecular complexity index is 3130. The van der Waals surface area contributed by atoms with E-state index < -0.39 is 29.0 Å². The Kier molecular flexibility index (Phi) is 9.74. The van der Waals surface area contributed by atoms with Crippen LogP contribution in [-0.2, 0) is 0 Å².